The summed E-state index contributed by atoms with van der Waals surface area (Å²) in [5.74, 6) is 0.498. The van der Waals surface area contributed by atoms with Gasteiger partial charge in [-0.15, -0.1) is 0 Å². The molecule has 0 aliphatic heterocycles. The summed E-state index contributed by atoms with van der Waals surface area (Å²) in [4.78, 5) is 30.4. The highest BCUT2D eigenvalue weighted by atomic mass is 16.5. The topological polar surface area (TPSA) is 72.0 Å². The molecule has 0 amide bonds. The first-order chi connectivity index (χ1) is 9.20. The molecule has 19 heavy (non-hydrogen) atoms. The summed E-state index contributed by atoms with van der Waals surface area (Å²) < 4.78 is 4.86. The molecule has 0 radical (unpaired) electrons. The van der Waals surface area contributed by atoms with E-state index in [1.807, 2.05) is 0 Å². The van der Waals surface area contributed by atoms with Gasteiger partial charge in [0.25, 0.3) is 5.56 Å². The molecule has 5 nitrogen and oxygen atoms in total. The van der Waals surface area contributed by atoms with Crippen molar-refractivity contribution in [1.29, 1.82) is 0 Å². The number of nitrogens with one attached hydrogen (secondary N) is 1. The van der Waals surface area contributed by atoms with E-state index in [0.717, 1.165) is 36.9 Å². The van der Waals surface area contributed by atoms with Crippen molar-refractivity contribution < 1.29 is 9.53 Å². The number of aromatic amines is 1. The molecule has 1 aromatic rings. The lowest BCUT2D eigenvalue weighted by molar-refractivity contribution is -0.143. The van der Waals surface area contributed by atoms with Crippen LogP contribution >= 0.6 is 0 Å². The van der Waals surface area contributed by atoms with E-state index < -0.39 is 0 Å². The van der Waals surface area contributed by atoms with Gasteiger partial charge in [-0.3, -0.25) is 9.59 Å². The third kappa shape index (κ3) is 3.66. The molecular weight excluding hydrogens is 244 g/mol. The molecule has 1 N–H and O–H groups in total. The van der Waals surface area contributed by atoms with Crippen LogP contribution in [-0.4, -0.2) is 22.5 Å². The van der Waals surface area contributed by atoms with Gasteiger partial charge in [0.05, 0.1) is 12.3 Å². The van der Waals surface area contributed by atoms with Crippen LogP contribution < -0.4 is 5.56 Å². The summed E-state index contributed by atoms with van der Waals surface area (Å²) in [5, 5.41) is 0. The first-order valence-electron chi connectivity index (χ1n) is 6.97. The van der Waals surface area contributed by atoms with Gasteiger partial charge in [-0.1, -0.05) is 0 Å². The second-order valence-electron chi connectivity index (χ2n) is 4.80. The molecular formula is C14H20N2O3. The maximum absolute atomic E-state index is 11.9. The SMILES string of the molecule is CCOC(=O)CCCc1nc2c(c(=O)[nH]1)CCCC2. The Morgan fingerprint density at radius 3 is 2.95 bits per heavy atom. The van der Waals surface area contributed by atoms with E-state index >= 15 is 0 Å². The lowest BCUT2D eigenvalue weighted by atomic mass is 9.97. The summed E-state index contributed by atoms with van der Waals surface area (Å²) >= 11 is 0. The van der Waals surface area contributed by atoms with Crippen LogP contribution in [0.15, 0.2) is 4.79 Å². The van der Waals surface area contributed by atoms with Crippen molar-refractivity contribution in [2.75, 3.05) is 6.61 Å². The van der Waals surface area contributed by atoms with Crippen molar-refractivity contribution in [3.63, 3.8) is 0 Å². The summed E-state index contributed by atoms with van der Waals surface area (Å²) in [7, 11) is 0. The van der Waals surface area contributed by atoms with Gasteiger partial charge >= 0.3 is 5.97 Å². The van der Waals surface area contributed by atoms with Crippen LogP contribution in [0.3, 0.4) is 0 Å². The predicted molar refractivity (Wildman–Crippen MR) is 71.1 cm³/mol. The minimum Gasteiger partial charge on any atom is -0.466 e. The number of ether oxygens (including phenoxy) is 1. The monoisotopic (exact) mass is 264 g/mol. The fraction of sp³-hybridized carbons (Fsp3) is 0.643. The third-order valence-corrected chi connectivity index (χ3v) is 3.34. The molecule has 1 aliphatic rings. The highest BCUT2D eigenvalue weighted by molar-refractivity contribution is 5.69. The number of fused-ring (bicyclic) bond motifs is 1. The van der Waals surface area contributed by atoms with E-state index in [2.05, 4.69) is 9.97 Å². The molecule has 104 valence electrons. The molecule has 2 rings (SSSR count). The lowest BCUT2D eigenvalue weighted by Crippen LogP contribution is -2.23. The molecule has 1 aromatic heterocycles. The van der Waals surface area contributed by atoms with Gasteiger partial charge in [0.2, 0.25) is 0 Å². The number of rotatable bonds is 5. The van der Waals surface area contributed by atoms with Crippen molar-refractivity contribution in [3.05, 3.63) is 27.4 Å². The van der Waals surface area contributed by atoms with Gasteiger partial charge in [0.1, 0.15) is 5.82 Å². The molecule has 0 saturated heterocycles. The Morgan fingerprint density at radius 1 is 1.37 bits per heavy atom. The zero-order chi connectivity index (χ0) is 13.7. The van der Waals surface area contributed by atoms with Gasteiger partial charge < -0.3 is 9.72 Å². The Balaban J connectivity index is 1.96. The van der Waals surface area contributed by atoms with Crippen molar-refractivity contribution in [3.8, 4) is 0 Å². The maximum Gasteiger partial charge on any atom is 0.305 e. The number of hydrogen-bond donors (Lipinski definition) is 1. The molecule has 0 bridgehead atoms. The van der Waals surface area contributed by atoms with Crippen LogP contribution in [-0.2, 0) is 28.8 Å². The van der Waals surface area contributed by atoms with Crippen molar-refractivity contribution >= 4 is 5.97 Å². The molecule has 0 aromatic carbocycles. The normalized spacial score (nSPS) is 13.9. The lowest BCUT2D eigenvalue weighted by Gasteiger charge is -2.14. The molecule has 1 heterocycles. The van der Waals surface area contributed by atoms with Gasteiger partial charge in [-0.25, -0.2) is 4.98 Å². The molecule has 1 aliphatic carbocycles. The average molecular weight is 264 g/mol. The van der Waals surface area contributed by atoms with E-state index in [1.165, 1.54) is 0 Å². The third-order valence-electron chi connectivity index (χ3n) is 3.34. The fourth-order valence-corrected chi connectivity index (χ4v) is 2.41. The maximum atomic E-state index is 11.9. The van der Waals surface area contributed by atoms with Crippen LogP contribution in [0, 0.1) is 0 Å². The van der Waals surface area contributed by atoms with Crippen LogP contribution in [0.5, 0.6) is 0 Å². The zero-order valence-electron chi connectivity index (χ0n) is 11.3. The van der Waals surface area contributed by atoms with Crippen molar-refractivity contribution in [2.45, 2.75) is 51.9 Å². The highest BCUT2D eigenvalue weighted by Crippen LogP contribution is 2.16. The minimum absolute atomic E-state index is 0.00386. The number of aromatic nitrogens is 2. The largest absolute Gasteiger partial charge is 0.466 e. The number of carbonyl (C=O) groups excluding carboxylic acids is 1. The number of hydrogen-bond acceptors (Lipinski definition) is 4. The molecule has 0 spiro atoms. The Hall–Kier alpha value is -1.65. The second kappa shape index (κ2) is 6.50. The molecule has 0 saturated carbocycles. The first kappa shape index (κ1) is 13.8. The molecule has 0 fully saturated rings. The standard InChI is InChI=1S/C14H20N2O3/c1-2-19-13(17)9-5-8-12-15-11-7-4-3-6-10(11)14(18)16-12/h2-9H2,1H3,(H,15,16,18). The van der Waals surface area contributed by atoms with E-state index in [-0.39, 0.29) is 11.5 Å². The highest BCUT2D eigenvalue weighted by Gasteiger charge is 2.15. The van der Waals surface area contributed by atoms with Gasteiger partial charge in [0, 0.05) is 18.4 Å². The molecule has 0 unspecified atom stereocenters. The zero-order valence-corrected chi connectivity index (χ0v) is 11.3. The Kier molecular flexibility index (Phi) is 4.71. The number of esters is 1. The quantitative estimate of drug-likeness (QED) is 0.819. The number of carbonyl (C=O) groups is 1. The first-order valence-corrected chi connectivity index (χ1v) is 6.97. The Morgan fingerprint density at radius 2 is 2.16 bits per heavy atom. The van der Waals surface area contributed by atoms with Crippen LogP contribution in [0.2, 0.25) is 0 Å². The van der Waals surface area contributed by atoms with Gasteiger partial charge in [-0.2, -0.15) is 0 Å². The van der Waals surface area contributed by atoms with Crippen molar-refractivity contribution in [2.24, 2.45) is 0 Å². The van der Waals surface area contributed by atoms with E-state index in [0.29, 0.717) is 31.7 Å². The number of aryl methyl sites for hydroxylation is 2. The Labute approximate surface area is 112 Å². The van der Waals surface area contributed by atoms with E-state index in [1.54, 1.807) is 6.92 Å². The molecule has 0 atom stereocenters. The van der Waals surface area contributed by atoms with E-state index in [4.69, 9.17) is 4.74 Å². The number of H-pyrrole nitrogens is 1. The summed E-state index contributed by atoms with van der Waals surface area (Å²) in [5.41, 5.74) is 1.79. The fourth-order valence-electron chi connectivity index (χ4n) is 2.41. The van der Waals surface area contributed by atoms with Crippen LogP contribution in [0.1, 0.15) is 49.7 Å². The average Bonchev–Trinajstić information content (AvgIpc) is 2.39. The van der Waals surface area contributed by atoms with Crippen LogP contribution in [0.25, 0.3) is 0 Å². The summed E-state index contributed by atoms with van der Waals surface area (Å²) in [6, 6.07) is 0. The summed E-state index contributed by atoms with van der Waals surface area (Å²) in [6.45, 7) is 2.20. The van der Waals surface area contributed by atoms with Gasteiger partial charge in [-0.05, 0) is 39.0 Å². The smallest absolute Gasteiger partial charge is 0.305 e. The Bertz CT molecular complexity index is 508. The predicted octanol–water partition coefficient (Wildman–Crippen LogP) is 1.53. The van der Waals surface area contributed by atoms with E-state index in [9.17, 15) is 9.59 Å². The summed E-state index contributed by atoms with van der Waals surface area (Å²) in [6.07, 6.45) is 5.53. The van der Waals surface area contributed by atoms with Crippen LogP contribution in [0.4, 0.5) is 0 Å². The second-order valence-corrected chi connectivity index (χ2v) is 4.80. The van der Waals surface area contributed by atoms with Gasteiger partial charge in [0.15, 0.2) is 0 Å². The van der Waals surface area contributed by atoms with Crippen molar-refractivity contribution in [1.82, 2.24) is 9.97 Å². The minimum atomic E-state index is -0.192. The molecule has 5 heteroatoms. The number of nitrogens with zero attached hydrogens (tertiary/aromatic N) is 1.